The normalized spacial score (nSPS) is 10.4. The first kappa shape index (κ1) is 14.7. The summed E-state index contributed by atoms with van der Waals surface area (Å²) in [4.78, 5) is 8.11. The fraction of sp³-hybridized carbons (Fsp3) is 0.692. The van der Waals surface area contributed by atoms with Crippen molar-refractivity contribution >= 4 is 5.82 Å². The average molecular weight is 252 g/mol. The summed E-state index contributed by atoms with van der Waals surface area (Å²) >= 11 is 0. The predicted octanol–water partition coefficient (Wildman–Crippen LogP) is 2.81. The van der Waals surface area contributed by atoms with Gasteiger partial charge in [0.1, 0.15) is 12.1 Å². The highest BCUT2D eigenvalue weighted by atomic mass is 16.5. The molecule has 0 aliphatic heterocycles. The van der Waals surface area contributed by atoms with Crippen molar-refractivity contribution in [2.75, 3.05) is 12.0 Å². The number of hydrogen-bond donors (Lipinski definition) is 2. The second-order valence-corrected chi connectivity index (χ2v) is 4.41. The Balaban J connectivity index is 2.23. The molecule has 0 aromatic carbocycles. The maximum atomic E-state index is 5.64. The van der Waals surface area contributed by atoms with E-state index in [1.807, 2.05) is 6.92 Å². The van der Waals surface area contributed by atoms with Crippen molar-refractivity contribution in [2.24, 2.45) is 5.84 Å². The third-order valence-electron chi connectivity index (χ3n) is 2.91. The van der Waals surface area contributed by atoms with Crippen LogP contribution in [0.25, 0.3) is 0 Å². The summed E-state index contributed by atoms with van der Waals surface area (Å²) in [6, 6.07) is 0. The summed E-state index contributed by atoms with van der Waals surface area (Å²) in [5, 5.41) is 0. The first-order valence-electron chi connectivity index (χ1n) is 6.70. The fourth-order valence-corrected chi connectivity index (χ4v) is 1.78. The van der Waals surface area contributed by atoms with Crippen molar-refractivity contribution in [3.63, 3.8) is 0 Å². The Labute approximate surface area is 109 Å². The molecule has 0 radical (unpaired) electrons. The van der Waals surface area contributed by atoms with Gasteiger partial charge in [0.25, 0.3) is 0 Å². The summed E-state index contributed by atoms with van der Waals surface area (Å²) in [6.07, 6.45) is 8.96. The number of nitrogens with zero attached hydrogens (tertiary/aromatic N) is 2. The van der Waals surface area contributed by atoms with Crippen molar-refractivity contribution in [1.82, 2.24) is 9.97 Å². The first-order valence-corrected chi connectivity index (χ1v) is 6.70. The number of hydrogen-bond acceptors (Lipinski definition) is 5. The van der Waals surface area contributed by atoms with Gasteiger partial charge in [-0.2, -0.15) is 0 Å². The number of unbranched alkanes of at least 4 members (excludes halogenated alkanes) is 5. The van der Waals surface area contributed by atoms with Crippen molar-refractivity contribution in [3.05, 3.63) is 11.9 Å². The van der Waals surface area contributed by atoms with Crippen molar-refractivity contribution < 1.29 is 4.74 Å². The minimum atomic E-state index is 0.614. The Morgan fingerprint density at radius 2 is 1.89 bits per heavy atom. The van der Waals surface area contributed by atoms with E-state index >= 15 is 0 Å². The molecule has 1 aromatic heterocycles. The highest BCUT2D eigenvalue weighted by Gasteiger charge is 2.06. The Morgan fingerprint density at radius 3 is 2.61 bits per heavy atom. The van der Waals surface area contributed by atoms with Crippen LogP contribution >= 0.6 is 0 Å². The summed E-state index contributed by atoms with van der Waals surface area (Å²) in [5.41, 5.74) is 3.38. The molecule has 5 heteroatoms. The van der Waals surface area contributed by atoms with Crippen LogP contribution < -0.4 is 16.0 Å². The van der Waals surface area contributed by atoms with Gasteiger partial charge in [0, 0.05) is 0 Å². The Bertz CT molecular complexity index is 344. The zero-order valence-corrected chi connectivity index (χ0v) is 11.4. The number of rotatable bonds is 9. The fourth-order valence-electron chi connectivity index (χ4n) is 1.78. The molecular formula is C13H24N4O. The van der Waals surface area contributed by atoms with Crippen LogP contribution in [0.4, 0.5) is 5.82 Å². The molecule has 0 saturated carbocycles. The minimum Gasteiger partial charge on any atom is -0.477 e. The Hall–Kier alpha value is -1.36. The number of nitrogens with one attached hydrogen (secondary N) is 1. The molecule has 102 valence electrons. The molecule has 3 N–H and O–H groups in total. The zero-order chi connectivity index (χ0) is 13.2. The van der Waals surface area contributed by atoms with Gasteiger partial charge in [0.05, 0.1) is 12.2 Å². The third-order valence-corrected chi connectivity index (χ3v) is 2.91. The zero-order valence-electron chi connectivity index (χ0n) is 11.4. The van der Waals surface area contributed by atoms with Gasteiger partial charge in [-0.1, -0.05) is 39.0 Å². The van der Waals surface area contributed by atoms with Crippen LogP contribution in [0.1, 0.15) is 51.0 Å². The number of hydrazine groups is 1. The van der Waals surface area contributed by atoms with Crippen LogP contribution in [0, 0.1) is 6.92 Å². The molecule has 0 saturated heterocycles. The second kappa shape index (κ2) is 8.69. The van der Waals surface area contributed by atoms with Crippen molar-refractivity contribution in [2.45, 2.75) is 52.4 Å². The lowest BCUT2D eigenvalue weighted by Crippen LogP contribution is -2.11. The number of aromatic nitrogens is 2. The van der Waals surface area contributed by atoms with Crippen LogP contribution in [-0.4, -0.2) is 16.6 Å². The molecule has 0 atom stereocenters. The maximum Gasteiger partial charge on any atom is 0.221 e. The molecule has 0 amide bonds. The molecule has 0 unspecified atom stereocenters. The van der Waals surface area contributed by atoms with Crippen LogP contribution in [0.2, 0.25) is 0 Å². The number of anilines is 1. The van der Waals surface area contributed by atoms with Gasteiger partial charge in [0.2, 0.25) is 5.88 Å². The standard InChI is InChI=1S/C13H24N4O/c1-3-4-5-6-7-8-9-18-13-11(2)12(17-14)15-10-16-13/h10H,3-9,14H2,1-2H3,(H,15,16,17). The summed E-state index contributed by atoms with van der Waals surface area (Å²) in [6.45, 7) is 4.82. The lowest BCUT2D eigenvalue weighted by atomic mass is 10.1. The molecule has 5 nitrogen and oxygen atoms in total. The second-order valence-electron chi connectivity index (χ2n) is 4.41. The number of nitrogens with two attached hydrogens (primary N) is 1. The highest BCUT2D eigenvalue weighted by molar-refractivity contribution is 5.46. The third kappa shape index (κ3) is 4.87. The molecule has 1 rings (SSSR count). The molecule has 18 heavy (non-hydrogen) atoms. The van der Waals surface area contributed by atoms with E-state index in [1.165, 1.54) is 38.4 Å². The van der Waals surface area contributed by atoms with Crippen LogP contribution in [0.15, 0.2) is 6.33 Å². The molecule has 0 fully saturated rings. The van der Waals surface area contributed by atoms with E-state index in [0.717, 1.165) is 12.0 Å². The lowest BCUT2D eigenvalue weighted by molar-refractivity contribution is 0.291. The Morgan fingerprint density at radius 1 is 1.17 bits per heavy atom. The Kier molecular flexibility index (Phi) is 7.10. The molecule has 1 aromatic rings. The average Bonchev–Trinajstić information content (AvgIpc) is 2.39. The van der Waals surface area contributed by atoms with E-state index in [2.05, 4.69) is 22.3 Å². The molecule has 0 aliphatic rings. The molecule has 1 heterocycles. The van der Waals surface area contributed by atoms with Crippen LogP contribution in [0.5, 0.6) is 5.88 Å². The van der Waals surface area contributed by atoms with Gasteiger partial charge in [0.15, 0.2) is 0 Å². The first-order chi connectivity index (χ1) is 8.79. The monoisotopic (exact) mass is 252 g/mol. The van der Waals surface area contributed by atoms with E-state index in [0.29, 0.717) is 18.3 Å². The van der Waals surface area contributed by atoms with Gasteiger partial charge in [-0.15, -0.1) is 0 Å². The summed E-state index contributed by atoms with van der Waals surface area (Å²) < 4.78 is 5.64. The van der Waals surface area contributed by atoms with E-state index in [1.54, 1.807) is 0 Å². The van der Waals surface area contributed by atoms with Crippen LogP contribution in [-0.2, 0) is 0 Å². The number of nitrogen functional groups attached to an aromatic ring is 1. The van der Waals surface area contributed by atoms with Crippen molar-refractivity contribution in [1.29, 1.82) is 0 Å². The molecule has 0 bridgehead atoms. The SMILES string of the molecule is CCCCCCCCOc1ncnc(NN)c1C. The van der Waals surface area contributed by atoms with Crippen molar-refractivity contribution in [3.8, 4) is 5.88 Å². The van der Waals surface area contributed by atoms with E-state index in [4.69, 9.17) is 10.6 Å². The topological polar surface area (TPSA) is 73.1 Å². The molecule has 0 spiro atoms. The maximum absolute atomic E-state index is 5.64. The smallest absolute Gasteiger partial charge is 0.221 e. The molecule has 0 aliphatic carbocycles. The van der Waals surface area contributed by atoms with Gasteiger partial charge in [-0.05, 0) is 13.3 Å². The van der Waals surface area contributed by atoms with Gasteiger partial charge in [-0.25, -0.2) is 15.8 Å². The summed E-state index contributed by atoms with van der Waals surface area (Å²) in [7, 11) is 0. The van der Waals surface area contributed by atoms with E-state index in [9.17, 15) is 0 Å². The number of ether oxygens (including phenoxy) is 1. The lowest BCUT2D eigenvalue weighted by Gasteiger charge is -2.09. The quantitative estimate of drug-likeness (QED) is 0.401. The minimum absolute atomic E-state index is 0.614. The highest BCUT2D eigenvalue weighted by Crippen LogP contribution is 2.19. The molecular weight excluding hydrogens is 228 g/mol. The van der Waals surface area contributed by atoms with Gasteiger partial charge in [-0.3, -0.25) is 0 Å². The van der Waals surface area contributed by atoms with Crippen LogP contribution in [0.3, 0.4) is 0 Å². The largest absolute Gasteiger partial charge is 0.477 e. The van der Waals surface area contributed by atoms with E-state index in [-0.39, 0.29) is 0 Å². The summed E-state index contributed by atoms with van der Waals surface area (Å²) in [5.74, 6) is 6.58. The van der Waals surface area contributed by atoms with Gasteiger partial charge < -0.3 is 10.2 Å². The predicted molar refractivity (Wildman–Crippen MR) is 73.5 cm³/mol. The van der Waals surface area contributed by atoms with E-state index < -0.39 is 0 Å². The van der Waals surface area contributed by atoms with Gasteiger partial charge >= 0.3 is 0 Å².